The second-order valence-corrected chi connectivity index (χ2v) is 7.19. The molecule has 0 amide bonds. The molecule has 2 aliphatic heterocycles. The van der Waals surface area contributed by atoms with Gasteiger partial charge in [-0.25, -0.2) is 0 Å². The van der Waals surface area contributed by atoms with E-state index in [1.165, 1.54) is 5.56 Å². The number of nitrogens with one attached hydrogen (secondary N) is 1. The molecule has 0 spiro atoms. The van der Waals surface area contributed by atoms with Crippen molar-refractivity contribution in [1.82, 2.24) is 5.43 Å². The lowest BCUT2D eigenvalue weighted by atomic mass is 9.99. The van der Waals surface area contributed by atoms with Crippen LogP contribution < -0.4 is 15.1 Å². The molecule has 0 fully saturated rings. The Kier molecular flexibility index (Phi) is 6.57. The minimum Gasteiger partial charge on any atom is -0.497 e. The van der Waals surface area contributed by atoms with Crippen molar-refractivity contribution in [3.63, 3.8) is 0 Å². The molecular formula is C24H32N4O. The van der Waals surface area contributed by atoms with Crippen LogP contribution in [-0.2, 0) is 0 Å². The third-order valence-corrected chi connectivity index (χ3v) is 5.27. The molecule has 2 aromatic carbocycles. The normalized spacial score (nSPS) is 19.6. The highest BCUT2D eigenvalue weighted by molar-refractivity contribution is 6.18. The number of ether oxygens (including phenoxy) is 1. The fraction of sp³-hybridized carbons (Fsp3) is 0.417. The number of hydrogen-bond acceptors (Lipinski definition) is 5. The topological polar surface area (TPSA) is 49.2 Å². The predicted octanol–water partition coefficient (Wildman–Crippen LogP) is 5.12. The Morgan fingerprint density at radius 3 is 2.45 bits per heavy atom. The molecular weight excluding hydrogens is 360 g/mol. The molecule has 4 rings (SSSR count). The number of hydrogen-bond donors (Lipinski definition) is 1. The second-order valence-electron chi connectivity index (χ2n) is 7.19. The van der Waals surface area contributed by atoms with E-state index in [9.17, 15) is 0 Å². The number of aliphatic imine (C=N–C) groups is 1. The standard InChI is InChI=1S/C22H26N4O.C2H6/c1-5-6-19-22-25-24-15(3)26(22)20-12-11-17(27-4)13-18(20)21(23-19)16-9-7-14(2)8-10-16;1-2/h7-13,19,22,25H,5-6H2,1-4H3;1-2H3/t19-,22?;/m0./s1. The number of amidine groups is 1. The molecule has 5 nitrogen and oxygen atoms in total. The van der Waals surface area contributed by atoms with Crippen LogP contribution in [0.2, 0.25) is 0 Å². The van der Waals surface area contributed by atoms with Crippen molar-refractivity contribution in [1.29, 1.82) is 0 Å². The summed E-state index contributed by atoms with van der Waals surface area (Å²) in [6.45, 7) is 10.4. The Labute approximate surface area is 174 Å². The summed E-state index contributed by atoms with van der Waals surface area (Å²) in [7, 11) is 1.70. The average Bonchev–Trinajstić information content (AvgIpc) is 3.07. The number of nitrogens with zero attached hydrogens (tertiary/aromatic N) is 3. The smallest absolute Gasteiger partial charge is 0.143 e. The highest BCUT2D eigenvalue weighted by atomic mass is 16.5. The number of aryl methyl sites for hydroxylation is 1. The maximum Gasteiger partial charge on any atom is 0.143 e. The van der Waals surface area contributed by atoms with E-state index < -0.39 is 0 Å². The lowest BCUT2D eigenvalue weighted by molar-refractivity contribution is 0.414. The van der Waals surface area contributed by atoms with Gasteiger partial charge in [0.25, 0.3) is 0 Å². The van der Waals surface area contributed by atoms with E-state index in [-0.39, 0.29) is 12.2 Å². The first-order valence-corrected chi connectivity index (χ1v) is 10.5. The first-order valence-electron chi connectivity index (χ1n) is 10.5. The van der Waals surface area contributed by atoms with Crippen LogP contribution in [0.5, 0.6) is 5.75 Å². The van der Waals surface area contributed by atoms with Gasteiger partial charge in [-0.05, 0) is 38.5 Å². The van der Waals surface area contributed by atoms with Gasteiger partial charge in [-0.1, -0.05) is 57.0 Å². The van der Waals surface area contributed by atoms with Gasteiger partial charge in [0.2, 0.25) is 0 Å². The molecule has 0 bridgehead atoms. The molecule has 2 heterocycles. The third-order valence-electron chi connectivity index (χ3n) is 5.27. The summed E-state index contributed by atoms with van der Waals surface area (Å²) in [4.78, 5) is 7.52. The van der Waals surface area contributed by atoms with E-state index in [2.05, 4.69) is 65.7 Å². The van der Waals surface area contributed by atoms with Crippen LogP contribution in [-0.4, -0.2) is 30.9 Å². The van der Waals surface area contributed by atoms with Gasteiger partial charge in [0.1, 0.15) is 17.8 Å². The maximum atomic E-state index is 5.52. The van der Waals surface area contributed by atoms with Crippen LogP contribution in [0.15, 0.2) is 52.6 Å². The summed E-state index contributed by atoms with van der Waals surface area (Å²) in [6.07, 6.45) is 2.11. The van der Waals surface area contributed by atoms with Gasteiger partial charge in [0.15, 0.2) is 0 Å². The third kappa shape index (κ3) is 4.00. The summed E-state index contributed by atoms with van der Waals surface area (Å²) >= 11 is 0. The predicted molar refractivity (Wildman–Crippen MR) is 122 cm³/mol. The van der Waals surface area contributed by atoms with E-state index >= 15 is 0 Å². The highest BCUT2D eigenvalue weighted by Gasteiger charge is 2.37. The first-order chi connectivity index (χ1) is 14.1. The first kappa shape index (κ1) is 20.9. The summed E-state index contributed by atoms with van der Waals surface area (Å²) < 4.78 is 5.52. The van der Waals surface area contributed by atoms with E-state index in [0.29, 0.717) is 0 Å². The molecule has 0 aromatic heterocycles. The molecule has 5 heteroatoms. The van der Waals surface area contributed by atoms with E-state index in [0.717, 1.165) is 47.0 Å². The molecule has 2 aliphatic rings. The Morgan fingerprint density at radius 1 is 1.07 bits per heavy atom. The molecule has 2 atom stereocenters. The quantitative estimate of drug-likeness (QED) is 0.786. The van der Waals surface area contributed by atoms with Crippen molar-refractivity contribution in [2.24, 2.45) is 10.1 Å². The zero-order valence-electron chi connectivity index (χ0n) is 18.4. The van der Waals surface area contributed by atoms with Gasteiger partial charge in [0.05, 0.1) is 24.6 Å². The number of hydrazone groups is 1. The van der Waals surface area contributed by atoms with Gasteiger partial charge in [0, 0.05) is 11.1 Å². The fourth-order valence-corrected chi connectivity index (χ4v) is 3.86. The van der Waals surface area contributed by atoms with E-state index in [1.54, 1.807) is 7.11 Å². The summed E-state index contributed by atoms with van der Waals surface area (Å²) in [5.74, 6) is 1.80. The van der Waals surface area contributed by atoms with Gasteiger partial charge < -0.3 is 9.64 Å². The zero-order valence-corrected chi connectivity index (χ0v) is 18.4. The van der Waals surface area contributed by atoms with Crippen molar-refractivity contribution < 1.29 is 4.74 Å². The van der Waals surface area contributed by atoms with Crippen LogP contribution in [0.1, 0.15) is 57.2 Å². The van der Waals surface area contributed by atoms with Gasteiger partial charge in [-0.15, -0.1) is 0 Å². The summed E-state index contributed by atoms with van der Waals surface area (Å²) in [5, 5.41) is 4.50. The van der Waals surface area contributed by atoms with Crippen LogP contribution in [0, 0.1) is 6.92 Å². The number of methoxy groups -OCH3 is 1. The zero-order chi connectivity index (χ0) is 21.0. The number of fused-ring (bicyclic) bond motifs is 3. The molecule has 29 heavy (non-hydrogen) atoms. The average molecular weight is 393 g/mol. The van der Waals surface area contributed by atoms with Crippen molar-refractivity contribution in [2.45, 2.75) is 59.7 Å². The summed E-state index contributed by atoms with van der Waals surface area (Å²) in [6, 6.07) is 14.9. The Bertz CT molecular complexity index is 902. The van der Waals surface area contributed by atoms with Crippen molar-refractivity contribution in [3.8, 4) is 5.75 Å². The van der Waals surface area contributed by atoms with Gasteiger partial charge in [-0.2, -0.15) is 5.10 Å². The lowest BCUT2D eigenvalue weighted by Gasteiger charge is -2.29. The van der Waals surface area contributed by atoms with Crippen molar-refractivity contribution >= 4 is 17.2 Å². The number of anilines is 1. The molecule has 2 aromatic rings. The minimum absolute atomic E-state index is 0.0417. The highest BCUT2D eigenvalue weighted by Crippen LogP contribution is 2.35. The monoisotopic (exact) mass is 392 g/mol. The number of benzene rings is 2. The summed E-state index contributed by atoms with van der Waals surface area (Å²) in [5.41, 5.74) is 8.90. The van der Waals surface area contributed by atoms with E-state index in [4.69, 9.17) is 9.73 Å². The van der Waals surface area contributed by atoms with Crippen LogP contribution in [0.25, 0.3) is 0 Å². The van der Waals surface area contributed by atoms with E-state index in [1.807, 2.05) is 26.8 Å². The molecule has 0 saturated heterocycles. The van der Waals surface area contributed by atoms with Crippen LogP contribution >= 0.6 is 0 Å². The van der Waals surface area contributed by atoms with Crippen molar-refractivity contribution in [2.75, 3.05) is 12.0 Å². The molecule has 0 saturated carbocycles. The Hall–Kier alpha value is -2.82. The van der Waals surface area contributed by atoms with Crippen LogP contribution in [0.3, 0.4) is 0 Å². The number of rotatable bonds is 4. The lowest BCUT2D eigenvalue weighted by Crippen LogP contribution is -2.46. The van der Waals surface area contributed by atoms with Gasteiger partial charge in [-0.3, -0.25) is 10.4 Å². The SMILES string of the molecule is CC.CCC[C@@H]1N=C(c2ccc(C)cc2)c2cc(OC)ccc2N2C(C)=NNC12. The minimum atomic E-state index is 0.0417. The van der Waals surface area contributed by atoms with Crippen LogP contribution in [0.4, 0.5) is 5.69 Å². The maximum absolute atomic E-state index is 5.52. The fourth-order valence-electron chi connectivity index (χ4n) is 3.86. The molecule has 0 aliphatic carbocycles. The molecule has 154 valence electrons. The largest absolute Gasteiger partial charge is 0.497 e. The van der Waals surface area contributed by atoms with Gasteiger partial charge >= 0.3 is 0 Å². The molecule has 1 N–H and O–H groups in total. The Balaban J connectivity index is 0.00000117. The second kappa shape index (κ2) is 9.12. The Morgan fingerprint density at radius 2 is 1.79 bits per heavy atom. The molecule has 1 unspecified atom stereocenters. The van der Waals surface area contributed by atoms with Crippen molar-refractivity contribution in [3.05, 3.63) is 59.2 Å². The molecule has 0 radical (unpaired) electrons.